The van der Waals surface area contributed by atoms with Gasteiger partial charge in [-0.25, -0.2) is 0 Å². The molecule has 2 aromatic rings. The van der Waals surface area contributed by atoms with E-state index in [9.17, 15) is 10.0 Å². The van der Waals surface area contributed by atoms with Crippen molar-refractivity contribution in [3.8, 4) is 5.75 Å². The molecule has 0 aliphatic carbocycles. The van der Waals surface area contributed by atoms with Crippen LogP contribution in [-0.4, -0.2) is 18.2 Å². The molecule has 4 nitrogen and oxygen atoms in total. The highest BCUT2D eigenvalue weighted by molar-refractivity contribution is 6.05. The second-order valence-corrected chi connectivity index (χ2v) is 4.16. The van der Waals surface area contributed by atoms with Gasteiger partial charge in [0.15, 0.2) is 0 Å². The fourth-order valence-corrected chi connectivity index (χ4v) is 1.78. The Hall–Kier alpha value is -2.33. The lowest BCUT2D eigenvalue weighted by molar-refractivity contribution is 0.0852. The minimum absolute atomic E-state index is 0.330. The zero-order chi connectivity index (χ0) is 13.8. The molecule has 1 amide bonds. The predicted octanol–water partition coefficient (Wildman–Crippen LogP) is 3.04. The third-order valence-corrected chi connectivity index (χ3v) is 2.78. The van der Waals surface area contributed by atoms with Crippen LogP contribution < -0.4 is 9.80 Å². The van der Waals surface area contributed by atoms with Crippen LogP contribution in [0.25, 0.3) is 0 Å². The molecule has 0 radical (unpaired) electrons. The molecular weight excluding hydrogens is 242 g/mol. The summed E-state index contributed by atoms with van der Waals surface area (Å²) in [6.07, 6.45) is 0. The number of aryl methyl sites for hydroxylation is 1. The zero-order valence-corrected chi connectivity index (χ0v) is 10.8. The lowest BCUT2D eigenvalue weighted by Gasteiger charge is -2.18. The number of hydroxylamine groups is 1. The van der Waals surface area contributed by atoms with Crippen molar-refractivity contribution in [2.75, 3.05) is 12.2 Å². The SMILES string of the molecule is COc1ccc(C)cc1N(O)C(=O)c1ccccc1. The van der Waals surface area contributed by atoms with Crippen molar-refractivity contribution in [1.29, 1.82) is 0 Å². The van der Waals surface area contributed by atoms with E-state index >= 15 is 0 Å². The summed E-state index contributed by atoms with van der Waals surface area (Å²) < 4.78 is 5.15. The molecule has 4 heteroatoms. The predicted molar refractivity (Wildman–Crippen MR) is 72.8 cm³/mol. The van der Waals surface area contributed by atoms with E-state index in [0.717, 1.165) is 5.56 Å². The van der Waals surface area contributed by atoms with E-state index in [4.69, 9.17) is 4.74 Å². The molecule has 0 aromatic heterocycles. The molecule has 0 saturated carbocycles. The zero-order valence-electron chi connectivity index (χ0n) is 10.8. The fourth-order valence-electron chi connectivity index (χ4n) is 1.78. The first kappa shape index (κ1) is 13.1. The van der Waals surface area contributed by atoms with Gasteiger partial charge in [0.05, 0.1) is 7.11 Å². The number of amides is 1. The van der Waals surface area contributed by atoms with Crippen LogP contribution in [0.4, 0.5) is 5.69 Å². The van der Waals surface area contributed by atoms with Crippen molar-refractivity contribution in [2.45, 2.75) is 6.92 Å². The molecule has 0 heterocycles. The van der Waals surface area contributed by atoms with Crippen LogP contribution in [0.1, 0.15) is 15.9 Å². The topological polar surface area (TPSA) is 49.8 Å². The van der Waals surface area contributed by atoms with E-state index in [1.54, 1.807) is 36.4 Å². The molecule has 0 aliphatic rings. The van der Waals surface area contributed by atoms with E-state index in [2.05, 4.69) is 0 Å². The van der Waals surface area contributed by atoms with Crippen LogP contribution >= 0.6 is 0 Å². The van der Waals surface area contributed by atoms with Crippen LogP contribution in [0.5, 0.6) is 5.75 Å². The Balaban J connectivity index is 2.36. The van der Waals surface area contributed by atoms with Gasteiger partial charge in [0.2, 0.25) is 0 Å². The largest absolute Gasteiger partial charge is 0.494 e. The molecule has 0 bridgehead atoms. The molecule has 1 N–H and O–H groups in total. The van der Waals surface area contributed by atoms with Gasteiger partial charge in [-0.2, -0.15) is 5.06 Å². The summed E-state index contributed by atoms with van der Waals surface area (Å²) >= 11 is 0. The van der Waals surface area contributed by atoms with Gasteiger partial charge >= 0.3 is 0 Å². The molecule has 0 aliphatic heterocycles. The van der Waals surface area contributed by atoms with E-state index in [1.165, 1.54) is 7.11 Å². The summed E-state index contributed by atoms with van der Waals surface area (Å²) in [5.41, 5.74) is 1.67. The lowest BCUT2D eigenvalue weighted by atomic mass is 10.1. The fraction of sp³-hybridized carbons (Fsp3) is 0.133. The van der Waals surface area contributed by atoms with E-state index < -0.39 is 5.91 Å². The van der Waals surface area contributed by atoms with Crippen molar-refractivity contribution in [3.05, 3.63) is 59.7 Å². The van der Waals surface area contributed by atoms with E-state index in [0.29, 0.717) is 22.1 Å². The first-order valence-electron chi connectivity index (χ1n) is 5.86. The maximum absolute atomic E-state index is 12.1. The normalized spacial score (nSPS) is 10.1. The number of rotatable bonds is 3. The third kappa shape index (κ3) is 2.74. The minimum atomic E-state index is -0.496. The molecule has 0 saturated heterocycles. The molecule has 98 valence electrons. The van der Waals surface area contributed by atoms with Crippen molar-refractivity contribution < 1.29 is 14.7 Å². The molecule has 2 aromatic carbocycles. The quantitative estimate of drug-likeness (QED) is 0.679. The Morgan fingerprint density at radius 3 is 2.47 bits per heavy atom. The van der Waals surface area contributed by atoms with Gasteiger partial charge in [0, 0.05) is 5.56 Å². The second-order valence-electron chi connectivity index (χ2n) is 4.16. The number of carbonyl (C=O) groups excluding carboxylic acids is 1. The number of benzene rings is 2. The Bertz CT molecular complexity index is 581. The number of methoxy groups -OCH3 is 1. The highest BCUT2D eigenvalue weighted by Gasteiger charge is 2.19. The molecule has 19 heavy (non-hydrogen) atoms. The van der Waals surface area contributed by atoms with Crippen molar-refractivity contribution in [1.82, 2.24) is 0 Å². The Morgan fingerprint density at radius 2 is 1.84 bits per heavy atom. The van der Waals surface area contributed by atoms with Gasteiger partial charge in [-0.15, -0.1) is 0 Å². The maximum atomic E-state index is 12.1. The lowest BCUT2D eigenvalue weighted by Crippen LogP contribution is -2.27. The summed E-state index contributed by atoms with van der Waals surface area (Å²) in [4.78, 5) is 12.1. The maximum Gasteiger partial charge on any atom is 0.282 e. The molecule has 0 unspecified atom stereocenters. The van der Waals surface area contributed by atoms with Gasteiger partial charge in [0.25, 0.3) is 5.91 Å². The van der Waals surface area contributed by atoms with Gasteiger partial charge in [-0.3, -0.25) is 10.0 Å². The van der Waals surface area contributed by atoms with Crippen molar-refractivity contribution >= 4 is 11.6 Å². The number of anilines is 1. The van der Waals surface area contributed by atoms with Crippen LogP contribution in [0.3, 0.4) is 0 Å². The standard InChI is InChI=1S/C15H15NO3/c1-11-8-9-14(19-2)13(10-11)16(18)15(17)12-6-4-3-5-7-12/h3-10,18H,1-2H3. The van der Waals surface area contributed by atoms with Crippen LogP contribution in [0.15, 0.2) is 48.5 Å². The average Bonchev–Trinajstić information content (AvgIpc) is 2.46. The summed E-state index contributed by atoms with van der Waals surface area (Å²) in [5.74, 6) is -0.0538. The van der Waals surface area contributed by atoms with Crippen LogP contribution in [0.2, 0.25) is 0 Å². The van der Waals surface area contributed by atoms with Gasteiger partial charge in [0.1, 0.15) is 11.4 Å². The van der Waals surface area contributed by atoms with Gasteiger partial charge in [-0.1, -0.05) is 24.3 Å². The minimum Gasteiger partial charge on any atom is -0.494 e. The summed E-state index contributed by atoms with van der Waals surface area (Å²) in [6, 6.07) is 13.9. The van der Waals surface area contributed by atoms with Crippen molar-refractivity contribution in [3.63, 3.8) is 0 Å². The Labute approximate surface area is 111 Å². The number of hydrogen-bond acceptors (Lipinski definition) is 3. The Kier molecular flexibility index (Phi) is 3.82. The highest BCUT2D eigenvalue weighted by Crippen LogP contribution is 2.29. The van der Waals surface area contributed by atoms with Crippen LogP contribution in [0, 0.1) is 6.92 Å². The smallest absolute Gasteiger partial charge is 0.282 e. The number of ether oxygens (including phenoxy) is 1. The first-order valence-corrected chi connectivity index (χ1v) is 5.86. The summed E-state index contributed by atoms with van der Waals surface area (Å²) in [6.45, 7) is 1.88. The third-order valence-electron chi connectivity index (χ3n) is 2.78. The monoisotopic (exact) mass is 257 g/mol. The molecule has 2 rings (SSSR count). The van der Waals surface area contributed by atoms with E-state index in [1.807, 2.05) is 19.1 Å². The molecular formula is C15H15NO3. The highest BCUT2D eigenvalue weighted by atomic mass is 16.5. The van der Waals surface area contributed by atoms with E-state index in [-0.39, 0.29) is 0 Å². The average molecular weight is 257 g/mol. The number of carbonyl (C=O) groups is 1. The second kappa shape index (κ2) is 5.54. The van der Waals surface area contributed by atoms with Gasteiger partial charge in [-0.05, 0) is 36.8 Å². The molecule has 0 fully saturated rings. The van der Waals surface area contributed by atoms with Gasteiger partial charge < -0.3 is 4.74 Å². The molecule has 0 spiro atoms. The Morgan fingerprint density at radius 1 is 1.16 bits per heavy atom. The summed E-state index contributed by atoms with van der Waals surface area (Å²) in [5, 5.41) is 10.7. The molecule has 0 atom stereocenters. The van der Waals surface area contributed by atoms with Crippen LogP contribution in [-0.2, 0) is 0 Å². The summed E-state index contributed by atoms with van der Waals surface area (Å²) in [7, 11) is 1.50. The number of nitrogens with zero attached hydrogens (tertiary/aromatic N) is 1. The first-order chi connectivity index (χ1) is 9.13. The van der Waals surface area contributed by atoms with Crippen molar-refractivity contribution in [2.24, 2.45) is 0 Å². The number of hydrogen-bond donors (Lipinski definition) is 1.